The van der Waals surface area contributed by atoms with Crippen LogP contribution in [0.4, 0.5) is 10.1 Å². The lowest BCUT2D eigenvalue weighted by atomic mass is 10.0. The number of hydrogen-bond acceptors (Lipinski definition) is 6. The third kappa shape index (κ3) is 4.99. The first-order chi connectivity index (χ1) is 15.4. The van der Waals surface area contributed by atoms with Crippen LogP contribution in [0, 0.1) is 11.7 Å². The summed E-state index contributed by atoms with van der Waals surface area (Å²) in [5, 5.41) is 2.83. The molecule has 1 aliphatic rings. The van der Waals surface area contributed by atoms with Crippen molar-refractivity contribution in [1.29, 1.82) is 0 Å². The van der Waals surface area contributed by atoms with Crippen LogP contribution in [0.5, 0.6) is 11.5 Å². The van der Waals surface area contributed by atoms with E-state index in [9.17, 15) is 18.8 Å². The van der Waals surface area contributed by atoms with Crippen molar-refractivity contribution in [2.24, 2.45) is 5.92 Å². The number of rotatable bonds is 8. The van der Waals surface area contributed by atoms with Gasteiger partial charge in [0.1, 0.15) is 5.82 Å². The molecule has 3 rings (SSSR count). The molecule has 0 bridgehead atoms. The normalized spacial score (nSPS) is 16.4. The average molecular weight is 444 g/mol. The van der Waals surface area contributed by atoms with E-state index in [0.29, 0.717) is 17.1 Å². The highest BCUT2D eigenvalue weighted by molar-refractivity contribution is 6.00. The molecule has 1 heterocycles. The lowest BCUT2D eigenvalue weighted by Crippen LogP contribution is -2.36. The number of para-hydroxylation sites is 1. The molecule has 1 fully saturated rings. The predicted octanol–water partition coefficient (Wildman–Crippen LogP) is 2.62. The maximum Gasteiger partial charge on any atom is 0.307 e. The summed E-state index contributed by atoms with van der Waals surface area (Å²) in [4.78, 5) is 38.7. The van der Waals surface area contributed by atoms with Crippen LogP contribution in [-0.4, -0.2) is 45.7 Å². The Kier molecular flexibility index (Phi) is 7.29. The Labute approximate surface area is 185 Å². The Morgan fingerprint density at radius 1 is 1.12 bits per heavy atom. The zero-order valence-corrected chi connectivity index (χ0v) is 18.1. The number of nitrogens with zero attached hydrogens (tertiary/aromatic N) is 1. The lowest BCUT2D eigenvalue weighted by molar-refractivity contribution is -0.141. The van der Waals surface area contributed by atoms with E-state index in [1.165, 1.54) is 44.4 Å². The fourth-order valence-corrected chi connectivity index (χ4v) is 3.65. The van der Waals surface area contributed by atoms with Gasteiger partial charge in [-0.2, -0.15) is 0 Å². The van der Waals surface area contributed by atoms with Crippen LogP contribution in [0.2, 0.25) is 0 Å². The summed E-state index contributed by atoms with van der Waals surface area (Å²) in [7, 11) is 4.25. The van der Waals surface area contributed by atoms with E-state index < -0.39 is 29.7 Å². The molecule has 2 unspecified atom stereocenters. The van der Waals surface area contributed by atoms with Crippen molar-refractivity contribution < 1.29 is 33.0 Å². The van der Waals surface area contributed by atoms with Crippen LogP contribution < -0.4 is 19.7 Å². The van der Waals surface area contributed by atoms with Gasteiger partial charge < -0.3 is 24.4 Å². The summed E-state index contributed by atoms with van der Waals surface area (Å²) >= 11 is 0. The number of benzene rings is 2. The van der Waals surface area contributed by atoms with Crippen molar-refractivity contribution >= 4 is 23.5 Å². The van der Waals surface area contributed by atoms with Gasteiger partial charge >= 0.3 is 5.97 Å². The topological polar surface area (TPSA) is 94.2 Å². The number of esters is 1. The Morgan fingerprint density at radius 2 is 1.84 bits per heavy atom. The largest absolute Gasteiger partial charge is 0.493 e. The number of anilines is 1. The standard InChI is InChI=1S/C23H25FN2O6/c1-30-19-9-8-14(10-20(19)31-2)17(12-22(28)32-3)25-23(29)15-11-21(27)26(13-15)18-7-5-4-6-16(18)24/h4-10,15,17H,11-13H2,1-3H3,(H,25,29). The van der Waals surface area contributed by atoms with Crippen molar-refractivity contribution in [2.45, 2.75) is 18.9 Å². The summed E-state index contributed by atoms with van der Waals surface area (Å²) in [6.07, 6.45) is -0.174. The lowest BCUT2D eigenvalue weighted by Gasteiger charge is -2.22. The van der Waals surface area contributed by atoms with E-state index in [0.717, 1.165) is 0 Å². The van der Waals surface area contributed by atoms with Crippen LogP contribution in [0.1, 0.15) is 24.4 Å². The fourth-order valence-electron chi connectivity index (χ4n) is 3.65. The van der Waals surface area contributed by atoms with Crippen LogP contribution >= 0.6 is 0 Å². The number of nitrogens with one attached hydrogen (secondary N) is 1. The van der Waals surface area contributed by atoms with Crippen molar-refractivity contribution in [2.75, 3.05) is 32.8 Å². The third-order valence-corrected chi connectivity index (χ3v) is 5.36. The minimum absolute atomic E-state index is 0.0441. The molecule has 0 radical (unpaired) electrons. The van der Waals surface area contributed by atoms with Crippen molar-refractivity contribution in [3.05, 3.63) is 53.8 Å². The Morgan fingerprint density at radius 3 is 2.50 bits per heavy atom. The molecule has 1 aliphatic heterocycles. The minimum Gasteiger partial charge on any atom is -0.493 e. The molecule has 0 saturated carbocycles. The molecule has 2 aromatic carbocycles. The number of amides is 2. The Hall–Kier alpha value is -3.62. The molecule has 1 saturated heterocycles. The molecule has 170 valence electrons. The SMILES string of the molecule is COC(=O)CC(NC(=O)C1CC(=O)N(c2ccccc2F)C1)c1ccc(OC)c(OC)c1. The number of methoxy groups -OCH3 is 3. The molecule has 0 aliphatic carbocycles. The van der Waals surface area contributed by atoms with Gasteiger partial charge in [0.2, 0.25) is 11.8 Å². The molecule has 0 aromatic heterocycles. The van der Waals surface area contributed by atoms with E-state index in [1.807, 2.05) is 0 Å². The Balaban J connectivity index is 1.79. The maximum atomic E-state index is 14.1. The first-order valence-electron chi connectivity index (χ1n) is 10.0. The number of carbonyl (C=O) groups excluding carboxylic acids is 3. The van der Waals surface area contributed by atoms with Gasteiger partial charge in [-0.25, -0.2) is 4.39 Å². The Bertz CT molecular complexity index is 1010. The molecule has 1 N–H and O–H groups in total. The van der Waals surface area contributed by atoms with Gasteiger partial charge in [-0.3, -0.25) is 14.4 Å². The minimum atomic E-state index is -0.715. The van der Waals surface area contributed by atoms with Gasteiger partial charge in [0.05, 0.1) is 45.4 Å². The van der Waals surface area contributed by atoms with Crippen LogP contribution in [0.15, 0.2) is 42.5 Å². The van der Waals surface area contributed by atoms with E-state index in [1.54, 1.807) is 24.3 Å². The van der Waals surface area contributed by atoms with Crippen molar-refractivity contribution in [3.8, 4) is 11.5 Å². The first kappa shape index (κ1) is 23.1. The molecule has 0 spiro atoms. The average Bonchev–Trinajstić information content (AvgIpc) is 3.19. The third-order valence-electron chi connectivity index (χ3n) is 5.36. The highest BCUT2D eigenvalue weighted by atomic mass is 19.1. The summed E-state index contributed by atoms with van der Waals surface area (Å²) in [6.45, 7) is 0.0441. The van der Waals surface area contributed by atoms with Crippen molar-refractivity contribution in [3.63, 3.8) is 0 Å². The van der Waals surface area contributed by atoms with E-state index in [-0.39, 0.29) is 31.0 Å². The monoisotopic (exact) mass is 444 g/mol. The number of carbonyl (C=O) groups is 3. The quantitative estimate of drug-likeness (QED) is 0.629. The molecule has 9 heteroatoms. The van der Waals surface area contributed by atoms with Gasteiger partial charge in [-0.05, 0) is 29.8 Å². The predicted molar refractivity (Wildman–Crippen MR) is 114 cm³/mol. The van der Waals surface area contributed by atoms with E-state index in [2.05, 4.69) is 5.32 Å². The van der Waals surface area contributed by atoms with Crippen LogP contribution in [0.25, 0.3) is 0 Å². The zero-order chi connectivity index (χ0) is 23.3. The fraction of sp³-hybridized carbons (Fsp3) is 0.348. The molecule has 32 heavy (non-hydrogen) atoms. The second-order valence-corrected chi connectivity index (χ2v) is 7.31. The second-order valence-electron chi connectivity index (χ2n) is 7.31. The maximum absolute atomic E-state index is 14.1. The van der Waals surface area contributed by atoms with E-state index in [4.69, 9.17) is 14.2 Å². The van der Waals surface area contributed by atoms with E-state index >= 15 is 0 Å². The molecule has 8 nitrogen and oxygen atoms in total. The highest BCUT2D eigenvalue weighted by Gasteiger charge is 2.37. The van der Waals surface area contributed by atoms with Crippen LogP contribution in [-0.2, 0) is 19.1 Å². The summed E-state index contributed by atoms with van der Waals surface area (Å²) < 4.78 is 29.4. The molecule has 2 atom stereocenters. The number of hydrogen-bond donors (Lipinski definition) is 1. The molecule has 2 aromatic rings. The summed E-state index contributed by atoms with van der Waals surface area (Å²) in [5.74, 6) is -1.55. The van der Waals surface area contributed by atoms with Crippen LogP contribution in [0.3, 0.4) is 0 Å². The smallest absolute Gasteiger partial charge is 0.307 e. The number of ether oxygens (including phenoxy) is 3. The van der Waals surface area contributed by atoms with Gasteiger partial charge in [-0.15, -0.1) is 0 Å². The van der Waals surface area contributed by atoms with Gasteiger partial charge in [-0.1, -0.05) is 18.2 Å². The molecular formula is C23H25FN2O6. The highest BCUT2D eigenvalue weighted by Crippen LogP contribution is 2.32. The molecule has 2 amide bonds. The second kappa shape index (κ2) is 10.1. The van der Waals surface area contributed by atoms with Gasteiger partial charge in [0, 0.05) is 13.0 Å². The zero-order valence-electron chi connectivity index (χ0n) is 18.1. The molecular weight excluding hydrogens is 419 g/mol. The van der Waals surface area contributed by atoms with Gasteiger partial charge in [0.15, 0.2) is 11.5 Å². The van der Waals surface area contributed by atoms with Gasteiger partial charge in [0.25, 0.3) is 0 Å². The van der Waals surface area contributed by atoms with Crippen molar-refractivity contribution in [1.82, 2.24) is 5.32 Å². The summed E-state index contributed by atoms with van der Waals surface area (Å²) in [5.41, 5.74) is 0.746. The summed E-state index contributed by atoms with van der Waals surface area (Å²) in [6, 6.07) is 10.2. The first-order valence-corrected chi connectivity index (χ1v) is 10.0. The number of halogens is 1.